The molecular weight excluding hydrogens is 384 g/mol. The first kappa shape index (κ1) is 20.7. The molecule has 2 aromatic rings. The van der Waals surface area contributed by atoms with Crippen LogP contribution >= 0.6 is 0 Å². The van der Waals surface area contributed by atoms with Crippen LogP contribution in [-0.2, 0) is 4.74 Å². The maximum atomic E-state index is 6.70. The lowest BCUT2D eigenvalue weighted by Crippen LogP contribution is -2.33. The molecule has 0 bridgehead atoms. The van der Waals surface area contributed by atoms with Crippen LogP contribution in [0.4, 0.5) is 0 Å². The molecule has 4 rings (SSSR count). The third-order valence-electron chi connectivity index (χ3n) is 6.27. The lowest BCUT2D eigenvalue weighted by atomic mass is 9.76. The van der Waals surface area contributed by atoms with Crippen molar-refractivity contribution in [2.45, 2.75) is 43.8 Å². The molecule has 6 nitrogen and oxygen atoms in total. The normalized spacial score (nSPS) is 22.5. The topological polar surface area (TPSA) is 55.4 Å². The van der Waals surface area contributed by atoms with Crippen molar-refractivity contribution in [1.29, 1.82) is 0 Å². The average Bonchev–Trinajstić information content (AvgIpc) is 2.81. The average molecular weight is 414 g/mol. The van der Waals surface area contributed by atoms with Crippen molar-refractivity contribution in [2.24, 2.45) is 0 Å². The van der Waals surface area contributed by atoms with Crippen LogP contribution in [0.5, 0.6) is 28.7 Å². The molecule has 0 amide bonds. The lowest BCUT2D eigenvalue weighted by molar-refractivity contribution is -0.0392. The summed E-state index contributed by atoms with van der Waals surface area (Å²) in [6, 6.07) is 8.11. The Morgan fingerprint density at radius 1 is 0.667 bits per heavy atom. The molecule has 0 spiro atoms. The quantitative estimate of drug-likeness (QED) is 0.672. The molecule has 2 aliphatic rings. The standard InChI is InChI=1S/C24H30O6/c1-25-19-12-16-15-8-6-7-9-18(15)30-23(17(16)13-20(19)26-2)14-10-21(27-3)24(29-5)22(11-14)28-4/h10-13,15,18,23H,6-9H2,1-5H3/t15-,18-,23+/m0/s1. The zero-order valence-electron chi connectivity index (χ0n) is 18.3. The summed E-state index contributed by atoms with van der Waals surface area (Å²) in [4.78, 5) is 0. The minimum absolute atomic E-state index is 0.174. The minimum atomic E-state index is -0.257. The number of benzene rings is 2. The number of ether oxygens (including phenoxy) is 6. The molecule has 1 aliphatic heterocycles. The monoisotopic (exact) mass is 414 g/mol. The van der Waals surface area contributed by atoms with E-state index in [0.717, 1.165) is 29.7 Å². The Morgan fingerprint density at radius 3 is 1.80 bits per heavy atom. The van der Waals surface area contributed by atoms with Crippen LogP contribution < -0.4 is 23.7 Å². The van der Waals surface area contributed by atoms with Gasteiger partial charge in [0, 0.05) is 5.92 Å². The van der Waals surface area contributed by atoms with Gasteiger partial charge in [-0.1, -0.05) is 12.8 Å². The zero-order valence-corrected chi connectivity index (χ0v) is 18.3. The number of methoxy groups -OCH3 is 5. The summed E-state index contributed by atoms with van der Waals surface area (Å²) in [6.07, 6.45) is 4.49. The third-order valence-corrected chi connectivity index (χ3v) is 6.27. The van der Waals surface area contributed by atoms with Crippen molar-refractivity contribution in [3.8, 4) is 28.7 Å². The van der Waals surface area contributed by atoms with Crippen LogP contribution in [0, 0.1) is 0 Å². The summed E-state index contributed by atoms with van der Waals surface area (Å²) in [7, 11) is 8.20. The molecule has 0 unspecified atom stereocenters. The Kier molecular flexibility index (Phi) is 5.95. The summed E-state index contributed by atoms with van der Waals surface area (Å²) < 4.78 is 34.6. The molecule has 6 heteroatoms. The van der Waals surface area contributed by atoms with Gasteiger partial charge in [-0.25, -0.2) is 0 Å². The molecule has 1 aliphatic carbocycles. The van der Waals surface area contributed by atoms with Gasteiger partial charge in [0.1, 0.15) is 6.10 Å². The molecule has 3 atom stereocenters. The summed E-state index contributed by atoms with van der Waals surface area (Å²) in [5, 5.41) is 0. The lowest BCUT2D eigenvalue weighted by Gasteiger charge is -2.41. The fraction of sp³-hybridized carbons (Fsp3) is 0.500. The number of fused-ring (bicyclic) bond motifs is 3. The van der Waals surface area contributed by atoms with E-state index in [1.54, 1.807) is 35.5 Å². The van der Waals surface area contributed by atoms with Crippen molar-refractivity contribution >= 4 is 0 Å². The first-order valence-electron chi connectivity index (χ1n) is 10.4. The molecule has 0 saturated heterocycles. The SMILES string of the molecule is COc1cc2c(cc1OC)[C@@H]1CCCC[C@@H]1O[C@@H]2c1cc(OC)c(OC)c(OC)c1. The van der Waals surface area contributed by atoms with Gasteiger partial charge in [-0.3, -0.25) is 0 Å². The third kappa shape index (κ3) is 3.43. The van der Waals surface area contributed by atoms with Crippen LogP contribution in [0.25, 0.3) is 0 Å². The van der Waals surface area contributed by atoms with E-state index in [9.17, 15) is 0 Å². The maximum Gasteiger partial charge on any atom is 0.203 e. The van der Waals surface area contributed by atoms with Gasteiger partial charge in [0.25, 0.3) is 0 Å². The highest BCUT2D eigenvalue weighted by Gasteiger charge is 2.39. The molecule has 30 heavy (non-hydrogen) atoms. The summed E-state index contributed by atoms with van der Waals surface area (Å²) >= 11 is 0. The Morgan fingerprint density at radius 2 is 1.23 bits per heavy atom. The predicted octanol–water partition coefficient (Wildman–Crippen LogP) is 4.88. The fourth-order valence-corrected chi connectivity index (χ4v) is 4.83. The highest BCUT2D eigenvalue weighted by atomic mass is 16.5. The van der Waals surface area contributed by atoms with Crippen LogP contribution in [0.1, 0.15) is 54.4 Å². The largest absolute Gasteiger partial charge is 0.493 e. The van der Waals surface area contributed by atoms with Crippen LogP contribution in [0.2, 0.25) is 0 Å². The summed E-state index contributed by atoms with van der Waals surface area (Å²) in [5.74, 6) is 3.62. The van der Waals surface area contributed by atoms with Crippen LogP contribution in [-0.4, -0.2) is 41.7 Å². The van der Waals surface area contributed by atoms with Crippen LogP contribution in [0.3, 0.4) is 0 Å². The van der Waals surface area contributed by atoms with Gasteiger partial charge in [0.2, 0.25) is 5.75 Å². The van der Waals surface area contributed by atoms with Gasteiger partial charge >= 0.3 is 0 Å². The van der Waals surface area contributed by atoms with Gasteiger partial charge in [-0.05, 0) is 53.8 Å². The van der Waals surface area contributed by atoms with Crippen molar-refractivity contribution in [3.05, 3.63) is 41.0 Å². The number of hydrogen-bond donors (Lipinski definition) is 0. The van der Waals surface area contributed by atoms with E-state index in [-0.39, 0.29) is 12.2 Å². The second-order valence-electron chi connectivity index (χ2n) is 7.74. The van der Waals surface area contributed by atoms with Crippen molar-refractivity contribution < 1.29 is 28.4 Å². The van der Waals surface area contributed by atoms with Crippen LogP contribution in [0.15, 0.2) is 24.3 Å². The molecule has 1 saturated carbocycles. The van der Waals surface area contributed by atoms with Crippen molar-refractivity contribution in [1.82, 2.24) is 0 Å². The highest BCUT2D eigenvalue weighted by molar-refractivity contribution is 5.58. The molecule has 1 heterocycles. The molecule has 0 aromatic heterocycles. The van der Waals surface area contributed by atoms with E-state index in [2.05, 4.69) is 6.07 Å². The minimum Gasteiger partial charge on any atom is -0.493 e. The van der Waals surface area contributed by atoms with E-state index in [1.807, 2.05) is 18.2 Å². The van der Waals surface area contributed by atoms with Gasteiger partial charge in [-0.2, -0.15) is 0 Å². The van der Waals surface area contributed by atoms with Gasteiger partial charge < -0.3 is 28.4 Å². The highest BCUT2D eigenvalue weighted by Crippen LogP contribution is 2.51. The zero-order chi connectivity index (χ0) is 21.3. The van der Waals surface area contributed by atoms with E-state index in [0.29, 0.717) is 28.9 Å². The van der Waals surface area contributed by atoms with E-state index in [4.69, 9.17) is 28.4 Å². The second-order valence-corrected chi connectivity index (χ2v) is 7.74. The van der Waals surface area contributed by atoms with E-state index < -0.39 is 0 Å². The Labute approximate surface area is 178 Å². The number of rotatable bonds is 6. The summed E-state index contributed by atoms with van der Waals surface area (Å²) in [6.45, 7) is 0. The first-order chi connectivity index (χ1) is 14.6. The molecule has 0 N–H and O–H groups in total. The van der Waals surface area contributed by atoms with E-state index >= 15 is 0 Å². The molecule has 162 valence electrons. The second kappa shape index (κ2) is 8.64. The molecule has 2 aromatic carbocycles. The maximum absolute atomic E-state index is 6.70. The Bertz CT molecular complexity index is 884. The first-order valence-corrected chi connectivity index (χ1v) is 10.4. The Hall–Kier alpha value is -2.60. The predicted molar refractivity (Wildman–Crippen MR) is 114 cm³/mol. The van der Waals surface area contributed by atoms with E-state index in [1.165, 1.54) is 18.4 Å². The summed E-state index contributed by atoms with van der Waals surface area (Å²) in [5.41, 5.74) is 3.34. The van der Waals surface area contributed by atoms with Crippen molar-refractivity contribution in [2.75, 3.05) is 35.5 Å². The fourth-order valence-electron chi connectivity index (χ4n) is 4.83. The van der Waals surface area contributed by atoms with Gasteiger partial charge in [0.05, 0.1) is 41.7 Å². The van der Waals surface area contributed by atoms with Crippen molar-refractivity contribution in [3.63, 3.8) is 0 Å². The van der Waals surface area contributed by atoms with Gasteiger partial charge in [-0.15, -0.1) is 0 Å². The molecule has 1 fully saturated rings. The molecule has 0 radical (unpaired) electrons. The smallest absolute Gasteiger partial charge is 0.203 e. The van der Waals surface area contributed by atoms with Gasteiger partial charge in [0.15, 0.2) is 23.0 Å². The Balaban J connectivity index is 1.89. The molecular formula is C24H30O6. The number of hydrogen-bond acceptors (Lipinski definition) is 6.